The molecule has 0 spiro atoms. The number of nitrogens with zero attached hydrogens (tertiary/aromatic N) is 3. The second-order valence-corrected chi connectivity index (χ2v) is 33.0. The van der Waals surface area contributed by atoms with Crippen molar-refractivity contribution in [3.8, 4) is 5.75 Å². The quantitative estimate of drug-likeness (QED) is 0.00632. The summed E-state index contributed by atoms with van der Waals surface area (Å²) in [6.07, 6.45) is 0.0000397. The molecule has 0 saturated carbocycles. The normalized spacial score (nSPS) is 15.8. The zero-order valence-electron chi connectivity index (χ0n) is 67.3. The van der Waals surface area contributed by atoms with Crippen molar-refractivity contribution < 1.29 is 107 Å². The minimum Gasteiger partial charge on any atom is -0.508 e. The number of thiazole rings is 1. The van der Waals surface area contributed by atoms with E-state index in [-0.39, 0.29) is 124 Å². The lowest BCUT2D eigenvalue weighted by Gasteiger charge is -2.40. The van der Waals surface area contributed by atoms with Crippen LogP contribution < -0.4 is 53.4 Å². The Labute approximate surface area is 693 Å². The first-order valence-electron chi connectivity index (χ1n) is 38.7. The standard InChI is InChI=1S/C77H115N13O22S4/c1-11-18-66(99)111-43-90(73(104)67(45(5)12-2)78-40-53-21-16-17-32-89(53)10)60(44(3)4)39-61(112-49(9)91)72-84-59(42-114-72)71(103)81-52(36-51-23-25-54(92)26-24-51)35-46(6)68(100)87-88-77(109)110-33-34-115-116-41-48(8)80-69(101)57(37-50-19-14-13-15-20-50)83-70(102)58(38-65(97)98)82-63(94)29-22-47(7)79-62(93)30-27-55(74(105)106)85-76(113)86-56(75(107)108)28-31-64(95)96/h13-15,19-20,23-26,42,44-48,52-53,55-58,60-61,67,78,92H,11-12,16-18,21-22,27-41,43H2,1-10H3,(H,79,93)(H,80,101)(H,81,103)(H,82,94)(H,83,102)(H,87,100)(H,88,109)(H,95,96)(H,97,98)(H,105,106)(H,107,108)(H2,85,86,113)/t45?,46-,47+,48-,52+,53+,55+,56+,57-,58-,60+,61+,67-/m0/s1. The van der Waals surface area contributed by atoms with Gasteiger partial charge in [0.2, 0.25) is 35.4 Å². The third-order valence-electron chi connectivity index (χ3n) is 19.0. The van der Waals surface area contributed by atoms with Crippen LogP contribution in [0.5, 0.6) is 5.75 Å². The zero-order valence-corrected chi connectivity index (χ0v) is 70.5. The van der Waals surface area contributed by atoms with Crippen molar-refractivity contribution in [2.75, 3.05) is 45.0 Å². The van der Waals surface area contributed by atoms with Crippen LogP contribution in [-0.4, -0.2) is 234 Å². The molecule has 1 fully saturated rings. The number of likely N-dealkylation sites (tertiary alicyclic amines) is 1. The lowest BCUT2D eigenvalue weighted by molar-refractivity contribution is -0.160. The van der Waals surface area contributed by atoms with Crippen LogP contribution >= 0.6 is 45.1 Å². The Morgan fingerprint density at radius 2 is 1.31 bits per heavy atom. The number of rotatable bonds is 52. The highest BCUT2D eigenvalue weighted by Crippen LogP contribution is 2.33. The molecule has 1 aliphatic rings. The molecular formula is C77H115N13O22S4. The number of carboxylic acid groups (broad SMARTS) is 4. The Kier molecular flexibility index (Phi) is 44.6. The van der Waals surface area contributed by atoms with Crippen molar-refractivity contribution in [2.45, 2.75) is 238 Å². The lowest BCUT2D eigenvalue weighted by Crippen LogP contribution is -2.57. The van der Waals surface area contributed by atoms with Gasteiger partial charge in [0.15, 0.2) is 17.9 Å². The van der Waals surface area contributed by atoms with E-state index in [1.165, 1.54) is 46.0 Å². The molecule has 1 aromatic heterocycles. The van der Waals surface area contributed by atoms with E-state index in [1.807, 2.05) is 34.6 Å². The maximum Gasteiger partial charge on any atom is 0.426 e. The van der Waals surface area contributed by atoms with Gasteiger partial charge in [-0.2, -0.15) is 0 Å². The monoisotopic (exact) mass is 1700 g/mol. The van der Waals surface area contributed by atoms with Crippen molar-refractivity contribution in [1.82, 2.24) is 68.2 Å². The molecule has 4 rings (SSSR count). The number of amides is 8. The molecule has 644 valence electrons. The number of hydrogen-bond acceptors (Lipinski definition) is 25. The predicted molar refractivity (Wildman–Crippen MR) is 437 cm³/mol. The number of piperidine rings is 1. The van der Waals surface area contributed by atoms with E-state index < -0.39 is 162 Å². The number of hydrogen-bond donors (Lipinski definition) is 15. The number of ether oxygens (including phenoxy) is 3. The summed E-state index contributed by atoms with van der Waals surface area (Å²) < 4.78 is 17.0. The second kappa shape index (κ2) is 52.3. The number of phenols is 1. The average Bonchev–Trinajstić information content (AvgIpc) is 1.55. The van der Waals surface area contributed by atoms with E-state index >= 15 is 4.79 Å². The number of phenolic OH excluding ortho intramolecular Hbond substituents is 1. The molecule has 15 N–H and O–H groups in total. The number of carbonyl (C=O) groups is 14. The van der Waals surface area contributed by atoms with Crippen LogP contribution in [-0.2, 0) is 84.6 Å². The van der Waals surface area contributed by atoms with Crippen LogP contribution in [0.25, 0.3) is 0 Å². The molecular weight excluding hydrogens is 1590 g/mol. The highest BCUT2D eigenvalue weighted by Gasteiger charge is 2.39. The van der Waals surface area contributed by atoms with Gasteiger partial charge in [-0.3, -0.25) is 58.2 Å². The molecule has 1 saturated heterocycles. The summed E-state index contributed by atoms with van der Waals surface area (Å²) in [5.41, 5.74) is 5.92. The van der Waals surface area contributed by atoms with E-state index in [2.05, 4.69) is 70.3 Å². The highest BCUT2D eigenvalue weighted by molar-refractivity contribution is 8.76. The second-order valence-electron chi connectivity index (χ2n) is 29.1. The number of aromatic hydroxyl groups is 1. The molecule has 2 aromatic carbocycles. The summed E-state index contributed by atoms with van der Waals surface area (Å²) in [5, 5.41) is 71.0. The Bertz CT molecular complexity index is 3730. The first-order valence-corrected chi connectivity index (χ1v) is 42.5. The number of hydrazine groups is 1. The van der Waals surface area contributed by atoms with Crippen molar-refractivity contribution >= 4 is 134 Å². The lowest BCUT2D eigenvalue weighted by atomic mass is 9.92. The fourth-order valence-electron chi connectivity index (χ4n) is 12.4. The number of esters is 2. The van der Waals surface area contributed by atoms with Gasteiger partial charge >= 0.3 is 41.9 Å². The molecule has 0 aliphatic carbocycles. The number of benzene rings is 2. The number of aliphatic carboxylic acids is 4. The minimum atomic E-state index is -1.65. The number of aromatic nitrogens is 1. The van der Waals surface area contributed by atoms with E-state index in [9.17, 15) is 82.8 Å². The van der Waals surface area contributed by atoms with Gasteiger partial charge in [-0.05, 0) is 126 Å². The Morgan fingerprint density at radius 1 is 0.672 bits per heavy atom. The zero-order chi connectivity index (χ0) is 86.1. The van der Waals surface area contributed by atoms with E-state index in [1.54, 1.807) is 68.1 Å². The molecule has 13 atom stereocenters. The molecule has 116 heavy (non-hydrogen) atoms. The van der Waals surface area contributed by atoms with Crippen LogP contribution in [0.2, 0.25) is 0 Å². The first kappa shape index (κ1) is 98.9. The van der Waals surface area contributed by atoms with Gasteiger partial charge < -0.3 is 92.1 Å². The Hall–Kier alpha value is -9.44. The molecule has 0 bridgehead atoms. The summed E-state index contributed by atoms with van der Waals surface area (Å²) in [4.78, 5) is 190. The fourth-order valence-corrected chi connectivity index (χ4v) is 15.6. The topological polar surface area (TPSA) is 507 Å². The van der Waals surface area contributed by atoms with Crippen molar-refractivity contribution in [3.05, 3.63) is 81.8 Å². The molecule has 3 aromatic rings. The predicted octanol–water partition coefficient (Wildman–Crippen LogP) is 5.48. The minimum absolute atomic E-state index is 0.00995. The summed E-state index contributed by atoms with van der Waals surface area (Å²) in [6.45, 7) is 16.9. The SMILES string of the molecule is CCCC(=O)OCN(C(=O)[C@@H](NC[C@H]1CCCCN1C)C(C)CC)[C@H](C[C@@H](OC(C)=O)c1nc(C(=O)N[C@@H](Cc2ccc(O)cc2)C[C@H](C)C(=O)NNC(=O)OCCSSC[C@H](C)NC(=O)[C@H](Cc2ccccc2)NC(=O)[C@H](CC(=O)O)NC(=O)CC[C@@H](C)NC(=O)CC[C@@H](NC(=S)N[C@H](CCC(=O)O)C(=O)O)C(=O)O)cs1)C(C)C. The van der Waals surface area contributed by atoms with Crippen molar-refractivity contribution in [3.63, 3.8) is 0 Å². The van der Waals surface area contributed by atoms with Crippen molar-refractivity contribution in [1.29, 1.82) is 0 Å². The number of thiocarbonyl (C=S) groups is 1. The summed E-state index contributed by atoms with van der Waals surface area (Å²) in [6, 6.07) is 6.12. The van der Waals surface area contributed by atoms with Crippen LogP contribution in [0.3, 0.4) is 0 Å². The van der Waals surface area contributed by atoms with Gasteiger partial charge in [-0.25, -0.2) is 24.8 Å². The molecule has 0 radical (unpaired) electrons. The van der Waals surface area contributed by atoms with Gasteiger partial charge in [0.05, 0.1) is 12.5 Å². The third-order valence-corrected chi connectivity index (χ3v) is 22.7. The molecule has 1 unspecified atom stereocenters. The molecule has 35 nitrogen and oxygen atoms in total. The summed E-state index contributed by atoms with van der Waals surface area (Å²) in [5.74, 6) is -11.8. The fraction of sp³-hybridized carbons (Fsp3) is 0.610. The van der Waals surface area contributed by atoms with Crippen molar-refractivity contribution in [2.24, 2.45) is 17.8 Å². The maximum absolute atomic E-state index is 15.0. The first-order chi connectivity index (χ1) is 55.0. The molecule has 8 amide bonds. The smallest absolute Gasteiger partial charge is 0.426 e. The Morgan fingerprint density at radius 3 is 1.92 bits per heavy atom. The van der Waals surface area contributed by atoms with Gasteiger partial charge in [-0.15, -0.1) is 11.3 Å². The Balaban J connectivity index is 1.31. The summed E-state index contributed by atoms with van der Waals surface area (Å²) in [7, 11) is 4.70. The van der Waals surface area contributed by atoms with Gasteiger partial charge in [0.25, 0.3) is 5.91 Å². The van der Waals surface area contributed by atoms with Crippen LogP contribution in [0.1, 0.15) is 191 Å². The molecule has 1 aliphatic heterocycles. The van der Waals surface area contributed by atoms with Gasteiger partial charge in [0.1, 0.15) is 47.2 Å². The van der Waals surface area contributed by atoms with E-state index in [0.29, 0.717) is 36.3 Å². The van der Waals surface area contributed by atoms with Gasteiger partial charge in [-0.1, -0.05) is 118 Å². The number of carboxylic acids is 4. The van der Waals surface area contributed by atoms with Gasteiger partial charge in [0, 0.05) is 105 Å². The number of carbonyl (C=O) groups excluding carboxylic acids is 10. The third kappa shape index (κ3) is 37.7. The maximum atomic E-state index is 15.0. The molecule has 39 heteroatoms. The van der Waals surface area contributed by atoms with Crippen LogP contribution in [0.15, 0.2) is 60.0 Å². The summed E-state index contributed by atoms with van der Waals surface area (Å²) >= 11 is 6.10. The average molecular weight is 1700 g/mol. The number of likely N-dealkylation sites (N-methyl/N-ethyl adjacent to an activating group) is 1. The van der Waals surface area contributed by atoms with Crippen LogP contribution in [0, 0.1) is 17.8 Å². The molecule has 2 heterocycles. The number of nitrogens with one attached hydrogen (secondary N) is 10. The van der Waals surface area contributed by atoms with E-state index in [0.717, 1.165) is 37.1 Å². The van der Waals surface area contributed by atoms with E-state index in [4.69, 9.17) is 31.5 Å². The van der Waals surface area contributed by atoms with Crippen LogP contribution in [0.4, 0.5) is 4.79 Å². The largest absolute Gasteiger partial charge is 0.508 e. The highest BCUT2D eigenvalue weighted by atomic mass is 33.1.